The molecule has 90 valence electrons. The van der Waals surface area contributed by atoms with Gasteiger partial charge in [-0.3, -0.25) is 0 Å². The largest absolute Gasteiger partial charge is 0.367 e. The molecule has 0 bridgehead atoms. The van der Waals surface area contributed by atoms with Crippen molar-refractivity contribution in [3.05, 3.63) is 29.8 Å². The van der Waals surface area contributed by atoms with Gasteiger partial charge >= 0.3 is 0 Å². The lowest BCUT2D eigenvalue weighted by Gasteiger charge is -2.04. The molecule has 1 aromatic carbocycles. The number of nitrogens with zero attached hydrogens (tertiary/aromatic N) is 2. The molecule has 0 radical (unpaired) electrons. The predicted molar refractivity (Wildman–Crippen MR) is 73.5 cm³/mol. The molecule has 17 heavy (non-hydrogen) atoms. The highest BCUT2D eigenvalue weighted by Gasteiger charge is 2.09. The van der Waals surface area contributed by atoms with E-state index in [4.69, 9.17) is 0 Å². The Hall–Kier alpha value is -1.42. The van der Waals surface area contributed by atoms with E-state index in [1.165, 1.54) is 17.3 Å². The van der Waals surface area contributed by atoms with Crippen LogP contribution in [0.25, 0.3) is 11.3 Å². The van der Waals surface area contributed by atoms with E-state index in [9.17, 15) is 0 Å². The van der Waals surface area contributed by atoms with E-state index < -0.39 is 0 Å². The minimum atomic E-state index is 0.904. The Kier molecular flexibility index (Phi) is 4.09. The lowest BCUT2D eigenvalue weighted by Crippen LogP contribution is -2.01. The van der Waals surface area contributed by atoms with E-state index in [1.54, 1.807) is 0 Å². The van der Waals surface area contributed by atoms with Crippen molar-refractivity contribution in [2.24, 2.45) is 0 Å². The molecule has 0 spiro atoms. The fourth-order valence-electron chi connectivity index (χ4n) is 1.64. The van der Waals surface area contributed by atoms with Crippen LogP contribution in [0, 0.1) is 0 Å². The molecule has 0 amide bonds. The van der Waals surface area contributed by atoms with Crippen LogP contribution in [0.4, 0.5) is 5.82 Å². The van der Waals surface area contributed by atoms with Gasteiger partial charge in [-0.1, -0.05) is 38.1 Å². The van der Waals surface area contributed by atoms with Crippen molar-refractivity contribution in [2.75, 3.05) is 11.9 Å². The van der Waals surface area contributed by atoms with Gasteiger partial charge in [-0.15, -0.1) is 0 Å². The summed E-state index contributed by atoms with van der Waals surface area (Å²) in [5, 5.41) is 3.31. The van der Waals surface area contributed by atoms with Crippen LogP contribution in [-0.2, 0) is 6.42 Å². The van der Waals surface area contributed by atoms with Gasteiger partial charge < -0.3 is 5.32 Å². The van der Waals surface area contributed by atoms with Crippen LogP contribution in [0.15, 0.2) is 24.3 Å². The van der Waals surface area contributed by atoms with Crippen molar-refractivity contribution in [3.8, 4) is 11.3 Å². The Morgan fingerprint density at radius 3 is 2.53 bits per heavy atom. The van der Waals surface area contributed by atoms with Gasteiger partial charge in [-0.2, -0.15) is 8.75 Å². The molecule has 2 rings (SSSR count). The van der Waals surface area contributed by atoms with Gasteiger partial charge in [0.05, 0.1) is 11.7 Å². The average Bonchev–Trinajstić information content (AvgIpc) is 2.84. The SMILES string of the molecule is CCCNc1nsnc1-c1ccc(CC)cc1. The van der Waals surface area contributed by atoms with Gasteiger partial charge in [-0.25, -0.2) is 0 Å². The van der Waals surface area contributed by atoms with Crippen LogP contribution in [0.3, 0.4) is 0 Å². The van der Waals surface area contributed by atoms with E-state index in [2.05, 4.69) is 52.2 Å². The summed E-state index contributed by atoms with van der Waals surface area (Å²) in [6.07, 6.45) is 2.16. The summed E-state index contributed by atoms with van der Waals surface area (Å²) in [5.41, 5.74) is 3.45. The van der Waals surface area contributed by atoms with Gasteiger partial charge in [-0.05, 0) is 18.4 Å². The molecule has 1 heterocycles. The summed E-state index contributed by atoms with van der Waals surface area (Å²) in [6, 6.07) is 8.54. The lowest BCUT2D eigenvalue weighted by atomic mass is 10.1. The Morgan fingerprint density at radius 1 is 1.12 bits per heavy atom. The first-order chi connectivity index (χ1) is 8.35. The van der Waals surface area contributed by atoms with Crippen molar-refractivity contribution in [1.82, 2.24) is 8.75 Å². The summed E-state index contributed by atoms with van der Waals surface area (Å²) in [7, 11) is 0. The maximum atomic E-state index is 4.36. The van der Waals surface area contributed by atoms with E-state index in [1.807, 2.05) is 0 Å². The molecule has 0 atom stereocenters. The topological polar surface area (TPSA) is 37.8 Å². The molecular weight excluding hydrogens is 230 g/mol. The third kappa shape index (κ3) is 2.82. The van der Waals surface area contributed by atoms with Gasteiger partial charge in [0.1, 0.15) is 5.69 Å². The van der Waals surface area contributed by atoms with Crippen molar-refractivity contribution in [2.45, 2.75) is 26.7 Å². The van der Waals surface area contributed by atoms with Crippen LogP contribution in [0.5, 0.6) is 0 Å². The molecule has 0 fully saturated rings. The Labute approximate surface area is 106 Å². The summed E-state index contributed by atoms with van der Waals surface area (Å²) < 4.78 is 8.66. The maximum Gasteiger partial charge on any atom is 0.168 e. The lowest BCUT2D eigenvalue weighted by molar-refractivity contribution is 0.974. The number of hydrogen-bond donors (Lipinski definition) is 1. The highest BCUT2D eigenvalue weighted by Crippen LogP contribution is 2.26. The van der Waals surface area contributed by atoms with Crippen LogP contribution >= 0.6 is 11.7 Å². The highest BCUT2D eigenvalue weighted by molar-refractivity contribution is 6.99. The van der Waals surface area contributed by atoms with E-state index >= 15 is 0 Å². The first-order valence-corrected chi connectivity index (χ1v) is 6.74. The number of nitrogens with one attached hydrogen (secondary N) is 1. The molecule has 1 aromatic heterocycles. The zero-order valence-corrected chi connectivity index (χ0v) is 11.0. The van der Waals surface area contributed by atoms with Crippen molar-refractivity contribution in [1.29, 1.82) is 0 Å². The minimum absolute atomic E-state index is 0.904. The molecule has 3 nitrogen and oxygen atoms in total. The molecule has 1 N–H and O–H groups in total. The number of aryl methyl sites for hydroxylation is 1. The molecule has 0 saturated carbocycles. The molecule has 2 aromatic rings. The number of rotatable bonds is 5. The molecule has 0 aliphatic rings. The van der Waals surface area contributed by atoms with Gasteiger partial charge in [0.25, 0.3) is 0 Å². The summed E-state index contributed by atoms with van der Waals surface area (Å²) >= 11 is 1.26. The summed E-state index contributed by atoms with van der Waals surface area (Å²) in [5.74, 6) is 0.904. The Morgan fingerprint density at radius 2 is 1.88 bits per heavy atom. The fourth-order valence-corrected chi connectivity index (χ4v) is 2.18. The van der Waals surface area contributed by atoms with Crippen molar-refractivity contribution in [3.63, 3.8) is 0 Å². The second-order valence-corrected chi connectivity index (χ2v) is 4.47. The Balaban J connectivity index is 2.23. The molecule has 0 saturated heterocycles. The smallest absolute Gasteiger partial charge is 0.168 e. The van der Waals surface area contributed by atoms with Crippen LogP contribution < -0.4 is 5.32 Å². The molecule has 4 heteroatoms. The minimum Gasteiger partial charge on any atom is -0.367 e. The second kappa shape index (κ2) is 5.77. The summed E-state index contributed by atoms with van der Waals surface area (Å²) in [4.78, 5) is 0. The number of hydrogen-bond acceptors (Lipinski definition) is 4. The normalized spacial score (nSPS) is 10.5. The van der Waals surface area contributed by atoms with Crippen molar-refractivity contribution < 1.29 is 0 Å². The Bertz CT molecular complexity index is 462. The fraction of sp³-hybridized carbons (Fsp3) is 0.385. The van der Waals surface area contributed by atoms with Gasteiger partial charge in [0.15, 0.2) is 5.82 Å². The second-order valence-electron chi connectivity index (χ2n) is 3.94. The zero-order valence-electron chi connectivity index (χ0n) is 10.2. The van der Waals surface area contributed by atoms with Crippen LogP contribution in [0.1, 0.15) is 25.8 Å². The monoisotopic (exact) mass is 247 g/mol. The number of aromatic nitrogens is 2. The maximum absolute atomic E-state index is 4.36. The van der Waals surface area contributed by atoms with Gasteiger partial charge in [0.2, 0.25) is 0 Å². The predicted octanol–water partition coefficient (Wildman–Crippen LogP) is 3.59. The van der Waals surface area contributed by atoms with E-state index in [0.29, 0.717) is 0 Å². The zero-order chi connectivity index (χ0) is 12.1. The van der Waals surface area contributed by atoms with Crippen LogP contribution in [-0.4, -0.2) is 15.3 Å². The van der Waals surface area contributed by atoms with E-state index in [-0.39, 0.29) is 0 Å². The molecule has 0 unspecified atom stereocenters. The number of benzene rings is 1. The first kappa shape index (κ1) is 12.0. The summed E-state index contributed by atoms with van der Waals surface area (Å²) in [6.45, 7) is 5.24. The standard InChI is InChI=1S/C13H17N3S/c1-3-9-14-13-12(15-17-16-13)11-7-5-10(4-2)6-8-11/h5-8H,3-4,9H2,1-2H3,(H,14,16). The van der Waals surface area contributed by atoms with Crippen molar-refractivity contribution >= 4 is 17.5 Å². The molecule has 0 aliphatic carbocycles. The van der Waals surface area contributed by atoms with E-state index in [0.717, 1.165) is 36.5 Å². The molecular formula is C13H17N3S. The van der Waals surface area contributed by atoms with Gasteiger partial charge in [0, 0.05) is 12.1 Å². The highest BCUT2D eigenvalue weighted by atomic mass is 32.1. The first-order valence-electron chi connectivity index (χ1n) is 6.01. The quantitative estimate of drug-likeness (QED) is 0.877. The molecule has 0 aliphatic heterocycles. The average molecular weight is 247 g/mol. The third-order valence-electron chi connectivity index (χ3n) is 2.67. The van der Waals surface area contributed by atoms with Crippen LogP contribution in [0.2, 0.25) is 0 Å². The third-order valence-corrected chi connectivity index (χ3v) is 3.20. The number of anilines is 1.